The number of nitrogens with one attached hydrogen (secondary N) is 1. The van der Waals surface area contributed by atoms with E-state index in [0.29, 0.717) is 12.5 Å². The third-order valence-corrected chi connectivity index (χ3v) is 3.08. The summed E-state index contributed by atoms with van der Waals surface area (Å²) in [7, 11) is 0. The molecule has 0 bridgehead atoms. The quantitative estimate of drug-likeness (QED) is 0.543. The second kappa shape index (κ2) is 4.65. The summed E-state index contributed by atoms with van der Waals surface area (Å²) in [6.07, 6.45) is 2.25. The van der Waals surface area contributed by atoms with E-state index in [0.717, 1.165) is 26.0 Å². The third-order valence-electron chi connectivity index (χ3n) is 3.08. The molecule has 0 amide bonds. The minimum atomic E-state index is -0.664. The van der Waals surface area contributed by atoms with Gasteiger partial charge in [-0.3, -0.25) is 0 Å². The molecule has 1 N–H and O–H groups in total. The first-order valence-corrected chi connectivity index (χ1v) is 5.53. The fourth-order valence-corrected chi connectivity index (χ4v) is 2.25. The van der Waals surface area contributed by atoms with E-state index in [1.807, 2.05) is 11.8 Å². The fourth-order valence-electron chi connectivity index (χ4n) is 2.25. The predicted octanol–water partition coefficient (Wildman–Crippen LogP) is 0.00680. The summed E-state index contributed by atoms with van der Waals surface area (Å²) >= 11 is 0. The second-order valence-electron chi connectivity index (χ2n) is 4.07. The Morgan fingerprint density at radius 1 is 1.75 bits per heavy atom. The molecule has 2 rings (SSSR count). The van der Waals surface area contributed by atoms with E-state index in [2.05, 4.69) is 10.4 Å². The highest BCUT2D eigenvalue weighted by Gasteiger charge is 2.33. The van der Waals surface area contributed by atoms with Crippen molar-refractivity contribution in [1.29, 1.82) is 0 Å². The number of hydrogen-bond donors (Lipinski definition) is 1. The van der Waals surface area contributed by atoms with E-state index in [1.165, 1.54) is 0 Å². The van der Waals surface area contributed by atoms with E-state index >= 15 is 0 Å². The van der Waals surface area contributed by atoms with Crippen LogP contribution >= 0.6 is 0 Å². The van der Waals surface area contributed by atoms with E-state index < -0.39 is 5.03 Å². The number of guanidine groups is 1. The molecule has 7 nitrogen and oxygen atoms in total. The Labute approximate surface area is 93.6 Å². The van der Waals surface area contributed by atoms with Gasteiger partial charge < -0.3 is 15.0 Å². The van der Waals surface area contributed by atoms with Gasteiger partial charge in [0.15, 0.2) is 5.03 Å². The second-order valence-corrected chi connectivity index (χ2v) is 4.07. The topological polar surface area (TPSA) is 80.0 Å². The van der Waals surface area contributed by atoms with Gasteiger partial charge in [0.05, 0.1) is 12.1 Å². The molecule has 0 radical (unpaired) electrons. The molecule has 7 heteroatoms. The monoisotopic (exact) mass is 228 g/mol. The molecule has 0 aromatic carbocycles. The molecule has 2 atom stereocenters. The SMILES string of the molecule is CC(C1CCCO1)N1CCNC1=N[N+](=O)[O-]. The first-order chi connectivity index (χ1) is 7.68. The number of hydrazone groups is 1. The Bertz CT molecular complexity index is 301. The summed E-state index contributed by atoms with van der Waals surface area (Å²) in [5.74, 6) is 0.355. The van der Waals surface area contributed by atoms with Gasteiger partial charge in [0.1, 0.15) is 5.10 Å². The number of hydrogen-bond acceptors (Lipinski definition) is 3. The van der Waals surface area contributed by atoms with Crippen molar-refractivity contribution in [1.82, 2.24) is 10.2 Å². The van der Waals surface area contributed by atoms with Crippen LogP contribution in [-0.4, -0.2) is 47.7 Å². The smallest absolute Gasteiger partial charge is 0.271 e. The molecule has 16 heavy (non-hydrogen) atoms. The van der Waals surface area contributed by atoms with Gasteiger partial charge in [-0.2, -0.15) is 0 Å². The van der Waals surface area contributed by atoms with Crippen LogP contribution in [0, 0.1) is 10.1 Å². The minimum absolute atomic E-state index is 0.135. The Kier molecular flexibility index (Phi) is 3.23. The van der Waals surface area contributed by atoms with E-state index in [9.17, 15) is 10.1 Å². The molecule has 2 saturated heterocycles. The molecule has 0 spiro atoms. The molecule has 0 aromatic heterocycles. The Morgan fingerprint density at radius 3 is 3.19 bits per heavy atom. The highest BCUT2D eigenvalue weighted by molar-refractivity contribution is 5.81. The van der Waals surface area contributed by atoms with E-state index in [1.54, 1.807) is 0 Å². The summed E-state index contributed by atoms with van der Waals surface area (Å²) in [5.41, 5.74) is 0. The lowest BCUT2D eigenvalue weighted by Crippen LogP contribution is -2.44. The van der Waals surface area contributed by atoms with Crippen LogP contribution in [0.4, 0.5) is 0 Å². The summed E-state index contributed by atoms with van der Waals surface area (Å²) in [6, 6.07) is 0.135. The van der Waals surface area contributed by atoms with Crippen molar-refractivity contribution in [3.63, 3.8) is 0 Å². The fraction of sp³-hybridized carbons (Fsp3) is 0.889. The van der Waals surface area contributed by atoms with Gasteiger partial charge in [0, 0.05) is 19.7 Å². The largest absolute Gasteiger partial charge is 0.376 e. The molecule has 2 aliphatic rings. The van der Waals surface area contributed by atoms with Crippen molar-refractivity contribution in [3.8, 4) is 0 Å². The molecular formula is C9H16N4O3. The molecule has 2 heterocycles. The van der Waals surface area contributed by atoms with Crippen molar-refractivity contribution in [3.05, 3.63) is 10.1 Å². The highest BCUT2D eigenvalue weighted by atomic mass is 16.7. The van der Waals surface area contributed by atoms with Crippen LogP contribution in [0.5, 0.6) is 0 Å². The zero-order valence-electron chi connectivity index (χ0n) is 9.26. The first-order valence-electron chi connectivity index (χ1n) is 5.53. The molecular weight excluding hydrogens is 212 g/mol. The summed E-state index contributed by atoms with van der Waals surface area (Å²) in [6.45, 7) is 4.26. The Hall–Kier alpha value is -1.37. The van der Waals surface area contributed by atoms with Crippen LogP contribution < -0.4 is 5.32 Å². The Balaban J connectivity index is 2.04. The minimum Gasteiger partial charge on any atom is -0.376 e. The van der Waals surface area contributed by atoms with E-state index in [4.69, 9.17) is 4.74 Å². The zero-order chi connectivity index (χ0) is 11.5. The number of ether oxygens (including phenoxy) is 1. The van der Waals surface area contributed by atoms with Gasteiger partial charge in [-0.25, -0.2) is 10.1 Å². The van der Waals surface area contributed by atoms with Crippen molar-refractivity contribution >= 4 is 5.96 Å². The van der Waals surface area contributed by atoms with Crippen LogP contribution in [0.25, 0.3) is 0 Å². The van der Waals surface area contributed by atoms with Gasteiger partial charge in [-0.15, -0.1) is 0 Å². The van der Waals surface area contributed by atoms with Crippen LogP contribution in [0.1, 0.15) is 19.8 Å². The molecule has 0 saturated carbocycles. The van der Waals surface area contributed by atoms with Crippen molar-refractivity contribution < 1.29 is 9.77 Å². The van der Waals surface area contributed by atoms with Crippen LogP contribution in [0.15, 0.2) is 5.10 Å². The number of nitro groups is 1. The maximum Gasteiger partial charge on any atom is 0.271 e. The summed E-state index contributed by atoms with van der Waals surface area (Å²) in [4.78, 5) is 12.3. The lowest BCUT2D eigenvalue weighted by molar-refractivity contribution is -0.485. The van der Waals surface area contributed by atoms with Crippen molar-refractivity contribution in [2.75, 3.05) is 19.7 Å². The molecule has 2 fully saturated rings. The summed E-state index contributed by atoms with van der Waals surface area (Å²) < 4.78 is 5.59. The van der Waals surface area contributed by atoms with Gasteiger partial charge in [-0.1, -0.05) is 0 Å². The van der Waals surface area contributed by atoms with Crippen LogP contribution in [-0.2, 0) is 4.74 Å². The Morgan fingerprint density at radius 2 is 2.56 bits per heavy atom. The molecule has 0 aliphatic carbocycles. The van der Waals surface area contributed by atoms with Crippen LogP contribution in [0.3, 0.4) is 0 Å². The van der Waals surface area contributed by atoms with Gasteiger partial charge in [-0.05, 0) is 19.8 Å². The molecule has 90 valence electrons. The van der Waals surface area contributed by atoms with Gasteiger partial charge >= 0.3 is 0 Å². The van der Waals surface area contributed by atoms with Crippen molar-refractivity contribution in [2.24, 2.45) is 5.10 Å². The van der Waals surface area contributed by atoms with Crippen molar-refractivity contribution in [2.45, 2.75) is 31.9 Å². The zero-order valence-corrected chi connectivity index (χ0v) is 9.26. The lowest BCUT2D eigenvalue weighted by atomic mass is 10.1. The standard InChI is InChI=1S/C9H16N4O3/c1-7(8-3-2-6-16-8)12-5-4-10-9(12)11-13(14)15/h7-8H,2-6H2,1H3,(H,10,11). The maximum atomic E-state index is 10.4. The average Bonchev–Trinajstić information content (AvgIpc) is 2.84. The number of nitrogens with zero attached hydrogens (tertiary/aromatic N) is 3. The number of rotatable bonds is 3. The molecule has 2 unspecified atom stereocenters. The summed E-state index contributed by atoms with van der Waals surface area (Å²) in [5, 5.41) is 16.0. The predicted molar refractivity (Wildman–Crippen MR) is 57.6 cm³/mol. The van der Waals surface area contributed by atoms with Gasteiger partial charge in [0.2, 0.25) is 0 Å². The third kappa shape index (κ3) is 2.24. The van der Waals surface area contributed by atoms with Gasteiger partial charge in [0.25, 0.3) is 5.96 Å². The lowest BCUT2D eigenvalue weighted by Gasteiger charge is -2.28. The molecule has 0 aromatic rings. The first kappa shape index (κ1) is 11.1. The van der Waals surface area contributed by atoms with E-state index in [-0.39, 0.29) is 12.1 Å². The average molecular weight is 228 g/mol. The highest BCUT2D eigenvalue weighted by Crippen LogP contribution is 2.20. The normalized spacial score (nSPS) is 29.4. The maximum absolute atomic E-state index is 10.4. The molecule has 2 aliphatic heterocycles. The van der Waals surface area contributed by atoms with Crippen LogP contribution in [0.2, 0.25) is 0 Å².